The van der Waals surface area contributed by atoms with E-state index in [-0.39, 0.29) is 0 Å². The number of nitrogens with zero attached hydrogens (tertiary/aromatic N) is 4. The van der Waals surface area contributed by atoms with E-state index in [1.165, 1.54) is 25.7 Å². The smallest absolute Gasteiger partial charge is 0.145 e. The van der Waals surface area contributed by atoms with Crippen LogP contribution in [0.5, 0.6) is 5.75 Å². The van der Waals surface area contributed by atoms with Crippen molar-refractivity contribution in [3.63, 3.8) is 0 Å². The highest BCUT2D eigenvalue weighted by Crippen LogP contribution is 2.35. The van der Waals surface area contributed by atoms with Gasteiger partial charge in [0.1, 0.15) is 22.9 Å². The van der Waals surface area contributed by atoms with Crippen molar-refractivity contribution in [2.75, 3.05) is 25.5 Å². The quantitative estimate of drug-likeness (QED) is 0.711. The summed E-state index contributed by atoms with van der Waals surface area (Å²) in [4.78, 5) is 13.8. The Morgan fingerprint density at radius 2 is 2.07 bits per heavy atom. The van der Waals surface area contributed by atoms with Crippen LogP contribution in [0.1, 0.15) is 25.7 Å². The van der Waals surface area contributed by atoms with Crippen molar-refractivity contribution >= 4 is 11.5 Å². The highest BCUT2D eigenvalue weighted by atomic mass is 16.5. The molecular formula is C21H26N6O. The zero-order chi connectivity index (χ0) is 18.9. The molecule has 4 heterocycles. The summed E-state index contributed by atoms with van der Waals surface area (Å²) in [6.45, 7) is 2.09. The Balaban J connectivity index is 1.39. The van der Waals surface area contributed by atoms with Gasteiger partial charge in [-0.05, 0) is 17.9 Å². The Morgan fingerprint density at radius 3 is 2.93 bits per heavy atom. The van der Waals surface area contributed by atoms with E-state index in [2.05, 4.69) is 20.6 Å². The van der Waals surface area contributed by atoms with E-state index in [4.69, 9.17) is 9.72 Å². The summed E-state index contributed by atoms with van der Waals surface area (Å²) < 4.78 is 7.29. The number of anilines is 1. The monoisotopic (exact) mass is 378 g/mol. The second kappa shape index (κ2) is 7.39. The van der Waals surface area contributed by atoms with Crippen LogP contribution < -0.4 is 15.4 Å². The number of hydrogen-bond donors (Lipinski definition) is 2. The topological polar surface area (TPSA) is 76.4 Å². The summed E-state index contributed by atoms with van der Waals surface area (Å²) >= 11 is 0. The van der Waals surface area contributed by atoms with E-state index < -0.39 is 0 Å². The number of aromatic nitrogens is 4. The molecule has 2 fully saturated rings. The van der Waals surface area contributed by atoms with Crippen LogP contribution in [0.15, 0.2) is 36.9 Å². The Bertz CT molecular complexity index is 964. The van der Waals surface area contributed by atoms with Crippen LogP contribution in [0.4, 0.5) is 5.82 Å². The molecule has 0 bridgehead atoms. The Hall–Kier alpha value is -2.67. The van der Waals surface area contributed by atoms with Gasteiger partial charge in [0.15, 0.2) is 0 Å². The third-order valence-electron chi connectivity index (χ3n) is 6.22. The average Bonchev–Trinajstić information content (AvgIpc) is 3.48. The first-order valence-corrected chi connectivity index (χ1v) is 10.1. The van der Waals surface area contributed by atoms with Gasteiger partial charge < -0.3 is 15.4 Å². The van der Waals surface area contributed by atoms with E-state index in [9.17, 15) is 0 Å². The van der Waals surface area contributed by atoms with E-state index in [1.54, 1.807) is 13.3 Å². The van der Waals surface area contributed by atoms with Gasteiger partial charge >= 0.3 is 0 Å². The molecule has 7 nitrogen and oxygen atoms in total. The van der Waals surface area contributed by atoms with Gasteiger partial charge in [-0.1, -0.05) is 25.7 Å². The molecule has 2 aliphatic rings. The molecule has 1 aliphatic heterocycles. The van der Waals surface area contributed by atoms with Crippen LogP contribution in [-0.2, 0) is 0 Å². The Kier molecular flexibility index (Phi) is 4.60. The summed E-state index contributed by atoms with van der Waals surface area (Å²) in [6.07, 6.45) is 12.9. The number of hydrogen-bond acceptors (Lipinski definition) is 6. The standard InChI is InChI=1S/C21H26N6O/c1-28-15-6-7-27-19(12-24-21(27)8-15)18-11-23-13-20(26-18)25-17-10-22-9-16(17)14-4-2-3-5-14/h6-8,11-14,16-17,22H,2-5,9-10H2,1H3,(H,25,26). The third kappa shape index (κ3) is 3.20. The highest BCUT2D eigenvalue weighted by molar-refractivity contribution is 5.61. The molecular weight excluding hydrogens is 352 g/mol. The minimum atomic E-state index is 0.416. The molecule has 146 valence electrons. The first kappa shape index (κ1) is 17.4. The fourth-order valence-corrected chi connectivity index (χ4v) is 4.77. The van der Waals surface area contributed by atoms with Crippen LogP contribution in [0.3, 0.4) is 0 Å². The number of nitrogens with one attached hydrogen (secondary N) is 2. The van der Waals surface area contributed by atoms with Crippen molar-refractivity contribution in [3.05, 3.63) is 36.9 Å². The zero-order valence-electron chi connectivity index (χ0n) is 16.1. The maximum Gasteiger partial charge on any atom is 0.145 e. The molecule has 1 aliphatic carbocycles. The van der Waals surface area contributed by atoms with Gasteiger partial charge in [0.05, 0.1) is 31.4 Å². The average molecular weight is 378 g/mol. The number of rotatable bonds is 5. The normalized spacial score (nSPS) is 22.8. The van der Waals surface area contributed by atoms with Crippen molar-refractivity contribution in [2.24, 2.45) is 11.8 Å². The second-order valence-electron chi connectivity index (χ2n) is 7.85. The predicted molar refractivity (Wildman–Crippen MR) is 108 cm³/mol. The van der Waals surface area contributed by atoms with Gasteiger partial charge in [-0.15, -0.1) is 0 Å². The maximum absolute atomic E-state index is 5.29. The van der Waals surface area contributed by atoms with Gasteiger partial charge in [0.25, 0.3) is 0 Å². The largest absolute Gasteiger partial charge is 0.497 e. The molecule has 7 heteroatoms. The molecule has 0 amide bonds. The SMILES string of the molecule is COc1ccn2c(-c3cncc(NC4CNCC4C4CCCC4)n3)cnc2c1. The summed E-state index contributed by atoms with van der Waals surface area (Å²) in [6, 6.07) is 4.25. The molecule has 1 saturated heterocycles. The Morgan fingerprint density at radius 1 is 1.18 bits per heavy atom. The fraction of sp³-hybridized carbons (Fsp3) is 0.476. The number of methoxy groups -OCH3 is 1. The van der Waals surface area contributed by atoms with Gasteiger partial charge in [0.2, 0.25) is 0 Å². The van der Waals surface area contributed by atoms with Crippen molar-refractivity contribution in [1.82, 2.24) is 24.7 Å². The minimum Gasteiger partial charge on any atom is -0.497 e. The Labute approximate surface area is 164 Å². The van der Waals surface area contributed by atoms with Crippen molar-refractivity contribution in [2.45, 2.75) is 31.7 Å². The van der Waals surface area contributed by atoms with Gasteiger partial charge in [-0.25, -0.2) is 9.97 Å². The molecule has 0 spiro atoms. The maximum atomic E-state index is 5.29. The molecule has 0 radical (unpaired) electrons. The van der Waals surface area contributed by atoms with Crippen LogP contribution >= 0.6 is 0 Å². The van der Waals surface area contributed by atoms with Crippen molar-refractivity contribution in [1.29, 1.82) is 0 Å². The number of pyridine rings is 1. The lowest BCUT2D eigenvalue weighted by molar-refractivity contribution is 0.347. The van der Waals surface area contributed by atoms with E-state index in [0.29, 0.717) is 12.0 Å². The molecule has 2 atom stereocenters. The fourth-order valence-electron chi connectivity index (χ4n) is 4.77. The summed E-state index contributed by atoms with van der Waals surface area (Å²) in [5.41, 5.74) is 2.56. The molecule has 0 aromatic carbocycles. The zero-order valence-corrected chi connectivity index (χ0v) is 16.1. The van der Waals surface area contributed by atoms with Gasteiger partial charge in [-0.2, -0.15) is 0 Å². The van der Waals surface area contributed by atoms with Crippen LogP contribution in [0.25, 0.3) is 17.0 Å². The van der Waals surface area contributed by atoms with Crippen LogP contribution in [-0.4, -0.2) is 45.6 Å². The third-order valence-corrected chi connectivity index (χ3v) is 6.22. The van der Waals surface area contributed by atoms with Crippen molar-refractivity contribution in [3.8, 4) is 17.1 Å². The van der Waals surface area contributed by atoms with Gasteiger partial charge in [0, 0.05) is 31.4 Å². The summed E-state index contributed by atoms with van der Waals surface area (Å²) in [7, 11) is 1.66. The molecule has 5 rings (SSSR count). The van der Waals surface area contributed by atoms with Crippen molar-refractivity contribution < 1.29 is 4.74 Å². The lowest BCUT2D eigenvalue weighted by Crippen LogP contribution is -2.32. The summed E-state index contributed by atoms with van der Waals surface area (Å²) in [5, 5.41) is 7.21. The van der Waals surface area contributed by atoms with E-state index >= 15 is 0 Å². The number of imidazole rings is 1. The molecule has 1 saturated carbocycles. The number of fused-ring (bicyclic) bond motifs is 1. The molecule has 2 N–H and O–H groups in total. The molecule has 3 aromatic rings. The highest BCUT2D eigenvalue weighted by Gasteiger charge is 2.35. The van der Waals surface area contributed by atoms with Crippen LogP contribution in [0, 0.1) is 11.8 Å². The lowest BCUT2D eigenvalue weighted by atomic mass is 9.87. The van der Waals surface area contributed by atoms with Gasteiger partial charge in [-0.3, -0.25) is 9.38 Å². The van der Waals surface area contributed by atoms with Crippen LogP contribution in [0.2, 0.25) is 0 Å². The molecule has 2 unspecified atom stereocenters. The summed E-state index contributed by atoms with van der Waals surface area (Å²) in [5.74, 6) is 3.13. The molecule has 28 heavy (non-hydrogen) atoms. The first-order chi connectivity index (χ1) is 13.8. The van der Waals surface area contributed by atoms with E-state index in [1.807, 2.05) is 35.1 Å². The lowest BCUT2D eigenvalue weighted by Gasteiger charge is -2.25. The number of ether oxygens (including phenoxy) is 1. The molecule has 3 aromatic heterocycles. The van der Waals surface area contributed by atoms with E-state index in [0.717, 1.165) is 47.6 Å². The predicted octanol–water partition coefficient (Wildman–Crippen LogP) is 2.99. The minimum absolute atomic E-state index is 0.416. The first-order valence-electron chi connectivity index (χ1n) is 10.1. The second-order valence-corrected chi connectivity index (χ2v) is 7.85.